The van der Waals surface area contributed by atoms with E-state index in [9.17, 15) is 22.8 Å². The maximum absolute atomic E-state index is 13.1. The molecule has 0 saturated carbocycles. The molecular formula is C28H18F3NO4. The van der Waals surface area contributed by atoms with Crippen LogP contribution in [0.5, 0.6) is 0 Å². The third-order valence-corrected chi connectivity index (χ3v) is 6.65. The lowest BCUT2D eigenvalue weighted by atomic mass is 9.95. The molecule has 0 bridgehead atoms. The third-order valence-electron chi connectivity index (χ3n) is 6.65. The first-order valence-electron chi connectivity index (χ1n) is 11.3. The highest BCUT2D eigenvalue weighted by Crippen LogP contribution is 2.38. The van der Waals surface area contributed by atoms with Gasteiger partial charge in [-0.05, 0) is 65.4 Å². The van der Waals surface area contributed by atoms with Gasteiger partial charge >= 0.3 is 6.18 Å². The second-order valence-electron chi connectivity index (χ2n) is 8.75. The molecule has 36 heavy (non-hydrogen) atoms. The van der Waals surface area contributed by atoms with Gasteiger partial charge in [0.2, 0.25) is 0 Å². The largest absolute Gasteiger partial charge is 0.456 e. The van der Waals surface area contributed by atoms with Gasteiger partial charge in [0, 0.05) is 40.1 Å². The number of alkyl halides is 3. The second-order valence-corrected chi connectivity index (χ2v) is 8.75. The Hall–Kier alpha value is -4.17. The third kappa shape index (κ3) is 3.29. The van der Waals surface area contributed by atoms with Crippen molar-refractivity contribution < 1.29 is 22.7 Å². The molecule has 2 aromatic heterocycles. The summed E-state index contributed by atoms with van der Waals surface area (Å²) in [6.07, 6.45) is -4.13. The summed E-state index contributed by atoms with van der Waals surface area (Å²) in [5.74, 6) is 0. The second kappa shape index (κ2) is 7.93. The number of pyridine rings is 1. The molecule has 0 spiro atoms. The summed E-state index contributed by atoms with van der Waals surface area (Å²) < 4.78 is 46.2. The molecule has 0 aliphatic heterocycles. The first-order valence-corrected chi connectivity index (χ1v) is 11.3. The number of halogens is 3. The number of fused-ring (bicyclic) bond motifs is 2. The first kappa shape index (κ1) is 22.3. The Bertz CT molecular complexity index is 1870. The molecule has 0 aliphatic carbocycles. The summed E-state index contributed by atoms with van der Waals surface area (Å²) in [6.45, 7) is -0.0164. The van der Waals surface area contributed by atoms with Gasteiger partial charge in [0.05, 0.1) is 5.56 Å². The quantitative estimate of drug-likeness (QED) is 0.247. The van der Waals surface area contributed by atoms with E-state index in [0.29, 0.717) is 49.2 Å². The van der Waals surface area contributed by atoms with Gasteiger partial charge in [-0.1, -0.05) is 24.3 Å². The summed E-state index contributed by atoms with van der Waals surface area (Å²) in [5.41, 5.74) is 0.844. The predicted octanol–water partition coefficient (Wildman–Crippen LogP) is 5.92. The molecule has 0 amide bonds. The Kier molecular flexibility index (Phi) is 4.91. The lowest BCUT2D eigenvalue weighted by Crippen LogP contribution is -2.33. The summed E-state index contributed by atoms with van der Waals surface area (Å²) >= 11 is 0. The van der Waals surface area contributed by atoms with E-state index in [0.717, 1.165) is 22.1 Å². The molecule has 180 valence electrons. The van der Waals surface area contributed by atoms with Gasteiger partial charge in [0.15, 0.2) is 0 Å². The molecule has 6 aromatic rings. The maximum Gasteiger partial charge on any atom is 0.416 e. The molecule has 0 saturated heterocycles. The van der Waals surface area contributed by atoms with Gasteiger partial charge in [-0.3, -0.25) is 14.2 Å². The highest BCUT2D eigenvalue weighted by molar-refractivity contribution is 6.26. The van der Waals surface area contributed by atoms with Crippen LogP contribution in [0, 0.1) is 0 Å². The lowest BCUT2D eigenvalue weighted by Gasteiger charge is -2.14. The van der Waals surface area contributed by atoms with Gasteiger partial charge in [-0.15, -0.1) is 0 Å². The minimum Gasteiger partial charge on any atom is -0.456 e. The number of aromatic nitrogens is 1. The smallest absolute Gasteiger partial charge is 0.416 e. The highest BCUT2D eigenvalue weighted by Gasteiger charge is 2.30. The van der Waals surface area contributed by atoms with E-state index in [1.165, 1.54) is 12.1 Å². The van der Waals surface area contributed by atoms with Crippen LogP contribution in [-0.2, 0) is 12.7 Å². The fourth-order valence-electron chi connectivity index (χ4n) is 4.92. The van der Waals surface area contributed by atoms with Gasteiger partial charge in [-0.2, -0.15) is 13.2 Å². The molecule has 1 N–H and O–H groups in total. The van der Waals surface area contributed by atoms with Crippen LogP contribution in [0.2, 0.25) is 0 Å². The van der Waals surface area contributed by atoms with Crippen LogP contribution in [0.3, 0.4) is 0 Å². The van der Waals surface area contributed by atoms with E-state index in [-0.39, 0.29) is 19.6 Å². The van der Waals surface area contributed by atoms with Crippen molar-refractivity contribution in [3.05, 3.63) is 93.0 Å². The minimum atomic E-state index is -4.41. The average Bonchev–Trinajstić information content (AvgIpc) is 2.87. The average molecular weight is 489 g/mol. The zero-order valence-corrected chi connectivity index (χ0v) is 18.7. The van der Waals surface area contributed by atoms with E-state index in [4.69, 9.17) is 9.52 Å². The molecule has 0 unspecified atom stereocenters. The zero-order valence-electron chi connectivity index (χ0n) is 18.7. The lowest BCUT2D eigenvalue weighted by molar-refractivity contribution is -0.137. The molecule has 5 nitrogen and oxygen atoms in total. The van der Waals surface area contributed by atoms with Crippen LogP contribution in [0.1, 0.15) is 12.0 Å². The van der Waals surface area contributed by atoms with Crippen LogP contribution >= 0.6 is 0 Å². The number of hydrogen-bond acceptors (Lipinski definition) is 4. The Morgan fingerprint density at radius 1 is 0.722 bits per heavy atom. The standard InChI is InChI=1S/C28H18F3NO4/c29-28(30,31)17-5-2-15(3-6-17)16-4-10-22-21(14-16)18-7-8-19-24-20(9-11-23(36-22)25(18)24)27(35)32(26(19)34)12-1-13-33/h2-11,14,33H,1,12-13H2. The summed E-state index contributed by atoms with van der Waals surface area (Å²) in [6, 6.07) is 17.2. The van der Waals surface area contributed by atoms with Gasteiger partial charge in [-0.25, -0.2) is 0 Å². The van der Waals surface area contributed by atoms with Crippen molar-refractivity contribution in [2.24, 2.45) is 0 Å². The number of aliphatic hydroxyl groups excluding tert-OH is 1. The molecule has 0 aliphatic rings. The summed E-state index contributed by atoms with van der Waals surface area (Å²) in [5, 5.41) is 12.6. The normalized spacial score (nSPS) is 12.4. The topological polar surface area (TPSA) is 72.4 Å². The maximum atomic E-state index is 13.1. The van der Waals surface area contributed by atoms with Crippen molar-refractivity contribution in [2.45, 2.75) is 19.1 Å². The minimum absolute atomic E-state index is 0.119. The van der Waals surface area contributed by atoms with Gasteiger partial charge in [0.1, 0.15) is 11.2 Å². The van der Waals surface area contributed by atoms with E-state index >= 15 is 0 Å². The number of aliphatic hydroxyl groups is 1. The molecule has 0 atom stereocenters. The Balaban J connectivity index is 1.62. The predicted molar refractivity (Wildman–Crippen MR) is 133 cm³/mol. The molecule has 2 heterocycles. The van der Waals surface area contributed by atoms with Crippen molar-refractivity contribution in [1.29, 1.82) is 0 Å². The van der Waals surface area contributed by atoms with E-state index in [2.05, 4.69) is 0 Å². The molecular weight excluding hydrogens is 471 g/mol. The highest BCUT2D eigenvalue weighted by atomic mass is 19.4. The van der Waals surface area contributed by atoms with Crippen LogP contribution in [0.4, 0.5) is 13.2 Å². The molecule has 0 radical (unpaired) electrons. The number of benzene rings is 4. The molecule has 6 rings (SSSR count). The van der Waals surface area contributed by atoms with Crippen molar-refractivity contribution in [2.75, 3.05) is 6.61 Å². The van der Waals surface area contributed by atoms with Crippen molar-refractivity contribution in [1.82, 2.24) is 4.57 Å². The Morgan fingerprint density at radius 3 is 2.00 bits per heavy atom. The number of hydrogen-bond donors (Lipinski definition) is 1. The van der Waals surface area contributed by atoms with Crippen molar-refractivity contribution in [3.8, 4) is 11.1 Å². The monoisotopic (exact) mass is 489 g/mol. The fraction of sp³-hybridized carbons (Fsp3) is 0.143. The van der Waals surface area contributed by atoms with E-state index in [1.807, 2.05) is 6.07 Å². The summed E-state index contributed by atoms with van der Waals surface area (Å²) in [7, 11) is 0. The van der Waals surface area contributed by atoms with Crippen molar-refractivity contribution >= 4 is 43.5 Å². The first-order chi connectivity index (χ1) is 17.3. The van der Waals surface area contributed by atoms with Crippen molar-refractivity contribution in [3.63, 3.8) is 0 Å². The molecule has 4 aromatic carbocycles. The zero-order chi connectivity index (χ0) is 25.2. The fourth-order valence-corrected chi connectivity index (χ4v) is 4.92. The number of nitrogens with zero attached hydrogens (tertiary/aromatic N) is 1. The van der Waals surface area contributed by atoms with Crippen LogP contribution in [0.15, 0.2) is 80.7 Å². The molecule has 0 fully saturated rings. The van der Waals surface area contributed by atoms with E-state index < -0.39 is 22.9 Å². The van der Waals surface area contributed by atoms with E-state index in [1.54, 1.807) is 36.4 Å². The van der Waals surface area contributed by atoms with Gasteiger partial charge in [0.25, 0.3) is 11.1 Å². The SMILES string of the molecule is O=c1c2ccc3oc4ccc(-c5ccc(C(F)(F)F)cc5)cc4c4ccc(c(=O)n1CCCO)c2c34. The Labute approximate surface area is 201 Å². The molecule has 8 heteroatoms. The van der Waals surface area contributed by atoms with Crippen LogP contribution in [0.25, 0.3) is 54.6 Å². The van der Waals surface area contributed by atoms with Gasteiger partial charge < -0.3 is 9.52 Å². The summed E-state index contributed by atoms with van der Waals surface area (Å²) in [4.78, 5) is 26.3. The Morgan fingerprint density at radius 2 is 1.33 bits per heavy atom. The van der Waals surface area contributed by atoms with Crippen LogP contribution < -0.4 is 11.1 Å². The van der Waals surface area contributed by atoms with Crippen LogP contribution in [-0.4, -0.2) is 16.3 Å². The number of rotatable bonds is 4.